The van der Waals surface area contributed by atoms with Crippen molar-refractivity contribution in [1.29, 1.82) is 0 Å². The lowest BCUT2D eigenvalue weighted by molar-refractivity contribution is -0.870. The van der Waals surface area contributed by atoms with E-state index < -0.39 is 26.6 Å². The number of nitrogens with one attached hydrogen (secondary N) is 1. The number of allylic oxidation sites excluding steroid dienone is 15. The number of esters is 1. The summed E-state index contributed by atoms with van der Waals surface area (Å²) >= 11 is 0. The van der Waals surface area contributed by atoms with E-state index in [1.54, 1.807) is 0 Å². The molecule has 71 heavy (non-hydrogen) atoms. The van der Waals surface area contributed by atoms with Crippen LogP contribution in [0.2, 0.25) is 0 Å². The number of quaternary nitrogens is 1. The van der Waals surface area contributed by atoms with Gasteiger partial charge in [0.1, 0.15) is 19.3 Å². The molecule has 0 aromatic rings. The van der Waals surface area contributed by atoms with Crippen molar-refractivity contribution < 1.29 is 37.3 Å². The third kappa shape index (κ3) is 51.6. The molecule has 0 spiro atoms. The van der Waals surface area contributed by atoms with Crippen LogP contribution in [0.3, 0.4) is 0 Å². The second kappa shape index (κ2) is 50.5. The third-order valence-electron chi connectivity index (χ3n) is 12.0. The van der Waals surface area contributed by atoms with Gasteiger partial charge < -0.3 is 28.5 Å². The van der Waals surface area contributed by atoms with Gasteiger partial charge >= 0.3 is 5.97 Å². The van der Waals surface area contributed by atoms with E-state index in [2.05, 4.69) is 111 Å². The lowest BCUT2D eigenvalue weighted by Crippen LogP contribution is -2.47. The average molecular weight is 1010 g/mol. The molecule has 0 heterocycles. The molecule has 0 aromatic heterocycles. The highest BCUT2D eigenvalue weighted by atomic mass is 31.2. The predicted molar refractivity (Wildman–Crippen MR) is 302 cm³/mol. The number of likely N-dealkylation sites (N-methyl/N-ethyl adjacent to an activating group) is 1. The maximum Gasteiger partial charge on any atom is 0.306 e. The number of ether oxygens (including phenoxy) is 1. The molecular formula is C61H107N2O7P. The molecule has 0 aromatic carbocycles. The molecule has 0 saturated carbocycles. The third-order valence-corrected chi connectivity index (χ3v) is 13.0. The summed E-state index contributed by atoms with van der Waals surface area (Å²) < 4.78 is 30.2. The Balaban J connectivity index is 5.42. The molecule has 3 unspecified atom stereocenters. The topological polar surface area (TPSA) is 114 Å². The zero-order valence-electron chi connectivity index (χ0n) is 46.4. The number of phosphoric acid groups is 1. The Morgan fingerprint density at radius 2 is 0.901 bits per heavy atom. The highest BCUT2D eigenvalue weighted by Gasteiger charge is 2.27. The minimum Gasteiger partial charge on any atom is -0.756 e. The zero-order chi connectivity index (χ0) is 52.2. The Labute approximate surface area is 437 Å². The van der Waals surface area contributed by atoms with Crippen molar-refractivity contribution in [3.63, 3.8) is 0 Å². The molecule has 0 aliphatic carbocycles. The number of rotatable bonds is 50. The van der Waals surface area contributed by atoms with Gasteiger partial charge in [-0.3, -0.25) is 14.2 Å². The predicted octanol–water partition coefficient (Wildman–Crippen LogP) is 16.6. The molecule has 408 valence electrons. The molecule has 0 fully saturated rings. The van der Waals surface area contributed by atoms with Gasteiger partial charge in [0, 0.05) is 12.8 Å². The van der Waals surface area contributed by atoms with E-state index in [1.807, 2.05) is 33.3 Å². The summed E-state index contributed by atoms with van der Waals surface area (Å²) in [5.74, 6) is -0.595. The number of amides is 1. The maximum absolute atomic E-state index is 13.5. The number of hydrogen-bond acceptors (Lipinski definition) is 7. The van der Waals surface area contributed by atoms with Gasteiger partial charge in [0.25, 0.3) is 7.82 Å². The number of hydrogen-bond donors (Lipinski definition) is 1. The van der Waals surface area contributed by atoms with E-state index in [0.29, 0.717) is 23.9 Å². The lowest BCUT2D eigenvalue weighted by Gasteiger charge is -2.30. The summed E-state index contributed by atoms with van der Waals surface area (Å²) in [5, 5.41) is 3.00. The van der Waals surface area contributed by atoms with Crippen LogP contribution < -0.4 is 10.2 Å². The van der Waals surface area contributed by atoms with Gasteiger partial charge in [-0.1, -0.05) is 208 Å². The summed E-state index contributed by atoms with van der Waals surface area (Å²) in [5.41, 5.74) is 0. The van der Waals surface area contributed by atoms with E-state index in [1.165, 1.54) is 70.6 Å². The Morgan fingerprint density at radius 1 is 0.507 bits per heavy atom. The quantitative estimate of drug-likeness (QED) is 0.0212. The van der Waals surface area contributed by atoms with Crippen molar-refractivity contribution in [2.24, 2.45) is 0 Å². The highest BCUT2D eigenvalue weighted by Crippen LogP contribution is 2.38. The molecule has 1 N–H and O–H groups in total. The fourth-order valence-corrected chi connectivity index (χ4v) is 8.37. The van der Waals surface area contributed by atoms with E-state index >= 15 is 0 Å². The van der Waals surface area contributed by atoms with Crippen LogP contribution in [0.25, 0.3) is 0 Å². The molecule has 9 nitrogen and oxygen atoms in total. The first-order chi connectivity index (χ1) is 34.4. The minimum absolute atomic E-state index is 0.0351. The van der Waals surface area contributed by atoms with Crippen molar-refractivity contribution in [2.75, 3.05) is 40.9 Å². The van der Waals surface area contributed by atoms with Crippen molar-refractivity contribution in [3.05, 3.63) is 97.2 Å². The van der Waals surface area contributed by atoms with Gasteiger partial charge in [0.05, 0.1) is 33.8 Å². The van der Waals surface area contributed by atoms with E-state index in [0.717, 1.165) is 109 Å². The fourth-order valence-electron chi connectivity index (χ4n) is 7.64. The first-order valence-corrected chi connectivity index (χ1v) is 30.0. The smallest absolute Gasteiger partial charge is 0.306 e. The Kier molecular flexibility index (Phi) is 48.3. The number of carbonyl (C=O) groups excluding carboxylic acids is 2. The normalized spacial score (nSPS) is 14.5. The van der Waals surface area contributed by atoms with Crippen molar-refractivity contribution in [3.8, 4) is 0 Å². The Bertz CT molecular complexity index is 1540. The SMILES string of the molecule is CC/C=C\C/C=C\C/C=C\C/C=C\C/C=C\CCCCCC(=O)NC(COP(=O)([O-])OCC[N+](C)(C)C)C(/C=C\CCCCCCCCCCCC)OC(=O)CCCCCCCCC/C=C/C/C=C/CC. The Morgan fingerprint density at radius 3 is 1.37 bits per heavy atom. The monoisotopic (exact) mass is 1010 g/mol. The van der Waals surface area contributed by atoms with Gasteiger partial charge in [-0.05, 0) is 102 Å². The van der Waals surface area contributed by atoms with Crippen molar-refractivity contribution in [2.45, 2.75) is 238 Å². The minimum atomic E-state index is -4.71. The van der Waals surface area contributed by atoms with Crippen LogP contribution in [0, 0.1) is 0 Å². The maximum atomic E-state index is 13.5. The first-order valence-electron chi connectivity index (χ1n) is 28.5. The second-order valence-corrected chi connectivity index (χ2v) is 21.4. The van der Waals surface area contributed by atoms with Gasteiger partial charge in [0.15, 0.2) is 0 Å². The van der Waals surface area contributed by atoms with Crippen LogP contribution in [0.4, 0.5) is 0 Å². The van der Waals surface area contributed by atoms with Crippen LogP contribution in [0.5, 0.6) is 0 Å². The molecule has 0 radical (unpaired) electrons. The van der Waals surface area contributed by atoms with E-state index in [9.17, 15) is 19.0 Å². The second-order valence-electron chi connectivity index (χ2n) is 20.0. The molecule has 0 rings (SSSR count). The van der Waals surface area contributed by atoms with Crippen LogP contribution in [0.1, 0.15) is 226 Å². The lowest BCUT2D eigenvalue weighted by atomic mass is 10.0. The summed E-state index contributed by atoms with van der Waals surface area (Å²) in [6.07, 6.45) is 66.6. The number of phosphoric ester groups is 1. The van der Waals surface area contributed by atoms with E-state index in [4.69, 9.17) is 13.8 Å². The van der Waals surface area contributed by atoms with E-state index in [-0.39, 0.29) is 31.3 Å². The van der Waals surface area contributed by atoms with Crippen molar-refractivity contribution >= 4 is 19.7 Å². The molecule has 0 aliphatic rings. The van der Waals surface area contributed by atoms with Gasteiger partial charge in [-0.2, -0.15) is 0 Å². The Hall–Kier alpha value is -3.07. The summed E-state index contributed by atoms with van der Waals surface area (Å²) in [7, 11) is 1.14. The van der Waals surface area contributed by atoms with Gasteiger partial charge in [0.2, 0.25) is 5.91 Å². The largest absolute Gasteiger partial charge is 0.756 e. The van der Waals surface area contributed by atoms with Crippen molar-refractivity contribution in [1.82, 2.24) is 5.32 Å². The van der Waals surface area contributed by atoms with Crippen LogP contribution in [0.15, 0.2) is 97.2 Å². The summed E-state index contributed by atoms with van der Waals surface area (Å²) in [6, 6.07) is -0.913. The molecular weight excluding hydrogens is 904 g/mol. The van der Waals surface area contributed by atoms with Gasteiger partial charge in [-0.15, -0.1) is 0 Å². The first kappa shape index (κ1) is 67.9. The van der Waals surface area contributed by atoms with Crippen LogP contribution in [-0.2, 0) is 27.9 Å². The summed E-state index contributed by atoms with van der Waals surface area (Å²) in [4.78, 5) is 39.8. The molecule has 3 atom stereocenters. The molecule has 0 aliphatic heterocycles. The number of unbranched alkanes of at least 4 members (excludes halogenated alkanes) is 20. The average Bonchev–Trinajstić information content (AvgIpc) is 3.33. The number of nitrogens with zero attached hydrogens (tertiary/aromatic N) is 1. The van der Waals surface area contributed by atoms with Crippen LogP contribution in [-0.4, -0.2) is 69.4 Å². The molecule has 1 amide bonds. The fraction of sp³-hybridized carbons (Fsp3) is 0.705. The molecule has 10 heteroatoms. The zero-order valence-corrected chi connectivity index (χ0v) is 47.3. The highest BCUT2D eigenvalue weighted by molar-refractivity contribution is 7.45. The molecule has 0 bridgehead atoms. The molecule has 0 saturated heterocycles. The summed E-state index contributed by atoms with van der Waals surface area (Å²) in [6.45, 7) is 6.57. The van der Waals surface area contributed by atoms with Gasteiger partial charge in [-0.25, -0.2) is 0 Å². The van der Waals surface area contributed by atoms with Crippen LogP contribution >= 0.6 is 7.82 Å². The number of carbonyl (C=O) groups is 2. The standard InChI is InChI=1S/C61H107N2O7P/c1-7-10-13-16-19-22-25-28-30-31-32-33-34-35-38-41-44-47-50-53-60(64)62-58(57-69-71(66,67)68-56-55-63(4,5)6)59(52-49-46-43-40-37-27-24-21-18-15-12-9-3)70-61(65)54-51-48-45-42-39-36-29-26-23-20-17-14-11-8-2/h10-11,13-14,19-20,22-23,28,30,32-33,35,38,49,52,58-59H,7-9,12,15-18,21,24-27,29,31,34,36-37,39-48,50-51,53-57H2,1-6H3,(H-,62,64,66,67)/b13-10-,14-11+,22-19-,23-20+,30-28-,33-32-,38-35-,52-49-.